The van der Waals surface area contributed by atoms with Crippen molar-refractivity contribution in [3.63, 3.8) is 0 Å². The van der Waals surface area contributed by atoms with Gasteiger partial charge in [0, 0.05) is 11.8 Å². The fourth-order valence-corrected chi connectivity index (χ4v) is 0.883. The summed E-state index contributed by atoms with van der Waals surface area (Å²) in [5, 5.41) is 10.3. The number of anilines is 1. The van der Waals surface area contributed by atoms with Crippen LogP contribution in [0.15, 0.2) is 24.3 Å². The van der Waals surface area contributed by atoms with Crippen molar-refractivity contribution in [1.29, 1.82) is 0 Å². The molecular weight excluding hydrogens is 184 g/mol. The lowest BCUT2D eigenvalue weighted by molar-refractivity contribution is -0.520. The van der Waals surface area contributed by atoms with Crippen LogP contribution in [0, 0.1) is 10.1 Å². The molecule has 0 aliphatic heterocycles. The maximum absolute atomic E-state index is 10.3. The molecular formula is C9H12N2O3. The Morgan fingerprint density at radius 2 is 2.21 bits per heavy atom. The van der Waals surface area contributed by atoms with Crippen molar-refractivity contribution < 1.29 is 9.66 Å². The van der Waals surface area contributed by atoms with Gasteiger partial charge in [-0.3, -0.25) is 10.1 Å². The lowest BCUT2D eigenvalue weighted by atomic mass is 10.3. The number of nitro groups is 1. The molecule has 0 amide bonds. The maximum Gasteiger partial charge on any atom is 0.243 e. The molecule has 0 aliphatic carbocycles. The van der Waals surface area contributed by atoms with Crippen molar-refractivity contribution in [2.24, 2.45) is 0 Å². The number of hydrogen-bond donors (Lipinski definition) is 1. The molecule has 0 heterocycles. The van der Waals surface area contributed by atoms with Gasteiger partial charge in [0.25, 0.3) is 0 Å². The number of para-hydroxylation sites is 2. The number of hydrogen-bond acceptors (Lipinski definition) is 4. The summed E-state index contributed by atoms with van der Waals surface area (Å²) in [6.07, 6.45) is 0. The van der Waals surface area contributed by atoms with E-state index in [4.69, 9.17) is 10.5 Å². The Labute approximate surface area is 81.6 Å². The lowest BCUT2D eigenvalue weighted by Gasteiger charge is -2.08. The van der Waals surface area contributed by atoms with Gasteiger partial charge in [0.15, 0.2) is 6.61 Å². The van der Waals surface area contributed by atoms with E-state index in [1.54, 1.807) is 24.3 Å². The predicted molar refractivity (Wildman–Crippen MR) is 52.8 cm³/mol. The molecule has 2 N–H and O–H groups in total. The SMILES string of the molecule is C[C@@H](COc1ccccc1N)[N+](=O)[O-]. The van der Waals surface area contributed by atoms with Gasteiger partial charge >= 0.3 is 0 Å². The molecule has 1 aromatic rings. The molecule has 5 nitrogen and oxygen atoms in total. The minimum Gasteiger partial charge on any atom is -0.484 e. The first kappa shape index (κ1) is 10.3. The summed E-state index contributed by atoms with van der Waals surface area (Å²) < 4.78 is 5.19. The van der Waals surface area contributed by atoms with Crippen molar-refractivity contribution >= 4 is 5.69 Å². The molecule has 1 aromatic carbocycles. The number of nitrogens with two attached hydrogens (primary N) is 1. The fourth-order valence-electron chi connectivity index (χ4n) is 0.883. The number of rotatable bonds is 4. The summed E-state index contributed by atoms with van der Waals surface area (Å²) in [5.41, 5.74) is 6.08. The molecule has 0 unspecified atom stereocenters. The average Bonchev–Trinajstić information content (AvgIpc) is 2.16. The van der Waals surface area contributed by atoms with E-state index >= 15 is 0 Å². The average molecular weight is 196 g/mol. The largest absolute Gasteiger partial charge is 0.484 e. The molecule has 5 heteroatoms. The highest BCUT2D eigenvalue weighted by Gasteiger charge is 2.13. The third-order valence-corrected chi connectivity index (χ3v) is 1.76. The van der Waals surface area contributed by atoms with Crippen LogP contribution in [0.25, 0.3) is 0 Å². The Hall–Kier alpha value is -1.78. The van der Waals surface area contributed by atoms with Crippen molar-refractivity contribution in [2.45, 2.75) is 13.0 Å². The van der Waals surface area contributed by atoms with Crippen LogP contribution < -0.4 is 10.5 Å². The quantitative estimate of drug-likeness (QED) is 0.447. The van der Waals surface area contributed by atoms with E-state index in [1.807, 2.05) is 0 Å². The van der Waals surface area contributed by atoms with E-state index in [1.165, 1.54) is 6.92 Å². The smallest absolute Gasteiger partial charge is 0.243 e. The Morgan fingerprint density at radius 1 is 1.57 bits per heavy atom. The topological polar surface area (TPSA) is 78.4 Å². The van der Waals surface area contributed by atoms with Crippen LogP contribution in [0.2, 0.25) is 0 Å². The summed E-state index contributed by atoms with van der Waals surface area (Å²) in [4.78, 5) is 9.91. The van der Waals surface area contributed by atoms with E-state index in [0.29, 0.717) is 11.4 Å². The second-order valence-electron chi connectivity index (χ2n) is 2.98. The zero-order chi connectivity index (χ0) is 10.6. The Morgan fingerprint density at radius 3 is 2.79 bits per heavy atom. The van der Waals surface area contributed by atoms with Gasteiger partial charge in [-0.1, -0.05) is 12.1 Å². The summed E-state index contributed by atoms with van der Waals surface area (Å²) in [7, 11) is 0. The van der Waals surface area contributed by atoms with Crippen molar-refractivity contribution in [2.75, 3.05) is 12.3 Å². The summed E-state index contributed by atoms with van der Waals surface area (Å²) in [5.74, 6) is 0.487. The Kier molecular flexibility index (Phi) is 3.28. The van der Waals surface area contributed by atoms with Gasteiger partial charge in [-0.2, -0.15) is 0 Å². The van der Waals surface area contributed by atoms with Gasteiger partial charge in [0.1, 0.15) is 5.75 Å². The number of ether oxygens (including phenoxy) is 1. The first-order chi connectivity index (χ1) is 6.61. The van der Waals surface area contributed by atoms with Crippen LogP contribution in [-0.4, -0.2) is 17.6 Å². The molecule has 14 heavy (non-hydrogen) atoms. The van der Waals surface area contributed by atoms with Crippen molar-refractivity contribution in [3.05, 3.63) is 34.4 Å². The van der Waals surface area contributed by atoms with Crippen LogP contribution >= 0.6 is 0 Å². The van der Waals surface area contributed by atoms with Crippen LogP contribution in [0.1, 0.15) is 6.92 Å². The molecule has 1 atom stereocenters. The maximum atomic E-state index is 10.3. The predicted octanol–water partition coefficient (Wildman–Crippen LogP) is 1.31. The number of benzene rings is 1. The molecule has 76 valence electrons. The molecule has 0 saturated carbocycles. The third kappa shape index (κ3) is 2.62. The van der Waals surface area contributed by atoms with E-state index in [9.17, 15) is 10.1 Å². The molecule has 0 bridgehead atoms. The molecule has 0 spiro atoms. The zero-order valence-electron chi connectivity index (χ0n) is 7.84. The van der Waals surface area contributed by atoms with E-state index < -0.39 is 6.04 Å². The van der Waals surface area contributed by atoms with E-state index in [0.717, 1.165) is 0 Å². The van der Waals surface area contributed by atoms with Crippen molar-refractivity contribution in [3.8, 4) is 5.75 Å². The van der Waals surface area contributed by atoms with E-state index in [2.05, 4.69) is 0 Å². The highest BCUT2D eigenvalue weighted by atomic mass is 16.6. The van der Waals surface area contributed by atoms with E-state index in [-0.39, 0.29) is 11.5 Å². The van der Waals surface area contributed by atoms with Gasteiger partial charge in [-0.25, -0.2) is 0 Å². The monoisotopic (exact) mass is 196 g/mol. The Balaban J connectivity index is 2.54. The summed E-state index contributed by atoms with van der Waals surface area (Å²) >= 11 is 0. The summed E-state index contributed by atoms with van der Waals surface area (Å²) in [6, 6.07) is 6.19. The van der Waals surface area contributed by atoms with Crippen LogP contribution in [0.3, 0.4) is 0 Å². The molecule has 0 radical (unpaired) electrons. The van der Waals surface area contributed by atoms with Gasteiger partial charge < -0.3 is 10.5 Å². The zero-order valence-corrected chi connectivity index (χ0v) is 7.84. The van der Waals surface area contributed by atoms with Crippen LogP contribution in [0.4, 0.5) is 5.69 Å². The minimum absolute atomic E-state index is 0.0290. The first-order valence-corrected chi connectivity index (χ1v) is 4.22. The normalized spacial score (nSPS) is 12.1. The lowest BCUT2D eigenvalue weighted by Crippen LogP contribution is -2.23. The first-order valence-electron chi connectivity index (χ1n) is 4.22. The van der Waals surface area contributed by atoms with Gasteiger partial charge in [-0.15, -0.1) is 0 Å². The van der Waals surface area contributed by atoms with Gasteiger partial charge in [0.2, 0.25) is 6.04 Å². The molecule has 0 aromatic heterocycles. The molecule has 1 rings (SSSR count). The van der Waals surface area contributed by atoms with Gasteiger partial charge in [-0.05, 0) is 12.1 Å². The van der Waals surface area contributed by atoms with Gasteiger partial charge in [0.05, 0.1) is 5.69 Å². The standard InChI is InChI=1S/C9H12N2O3/c1-7(11(12)13)6-14-9-5-3-2-4-8(9)10/h2-5,7H,6,10H2,1H3/t7-/m0/s1. The van der Waals surface area contributed by atoms with Crippen molar-refractivity contribution in [1.82, 2.24) is 0 Å². The third-order valence-electron chi connectivity index (χ3n) is 1.76. The van der Waals surface area contributed by atoms with Crippen LogP contribution in [0.5, 0.6) is 5.75 Å². The van der Waals surface area contributed by atoms with Crippen LogP contribution in [-0.2, 0) is 0 Å². The fraction of sp³-hybridized carbons (Fsp3) is 0.333. The second kappa shape index (κ2) is 4.45. The second-order valence-corrected chi connectivity index (χ2v) is 2.98. The molecule has 0 saturated heterocycles. The minimum atomic E-state index is -0.727. The summed E-state index contributed by atoms with van der Waals surface area (Å²) in [6.45, 7) is 1.51. The molecule has 0 aliphatic rings. The Bertz CT molecular complexity index is 328. The molecule has 0 fully saturated rings. The number of nitrogen functional groups attached to an aromatic ring is 1. The number of nitrogens with zero attached hydrogens (tertiary/aromatic N) is 1. The highest BCUT2D eigenvalue weighted by Crippen LogP contribution is 2.19. The highest BCUT2D eigenvalue weighted by molar-refractivity contribution is 5.51.